The van der Waals surface area contributed by atoms with Crippen LogP contribution in [0, 0.1) is 17.8 Å². The molecule has 2 saturated carbocycles. The van der Waals surface area contributed by atoms with Gasteiger partial charge in [-0.1, -0.05) is 0 Å². The second-order valence-corrected chi connectivity index (χ2v) is 3.99. The van der Waals surface area contributed by atoms with Gasteiger partial charge in [0.2, 0.25) is 0 Å². The molecule has 0 unspecified atom stereocenters. The van der Waals surface area contributed by atoms with E-state index in [9.17, 15) is 0 Å². The van der Waals surface area contributed by atoms with Crippen molar-refractivity contribution in [3.05, 3.63) is 0 Å². The van der Waals surface area contributed by atoms with Gasteiger partial charge in [-0.15, -0.1) is 0 Å². The molecular weight excluding hydrogens is 138 g/mol. The summed E-state index contributed by atoms with van der Waals surface area (Å²) >= 11 is 0. The van der Waals surface area contributed by atoms with E-state index in [2.05, 4.69) is 5.32 Å². The summed E-state index contributed by atoms with van der Waals surface area (Å²) in [7, 11) is 2.02. The summed E-state index contributed by atoms with van der Waals surface area (Å²) in [5.74, 6) is 2.24. The number of hydrogen-bond acceptors (Lipinski definition) is 2. The number of aliphatic hydroxyl groups is 1. The van der Waals surface area contributed by atoms with Crippen molar-refractivity contribution in [3.63, 3.8) is 0 Å². The smallest absolute Gasteiger partial charge is 0.0476 e. The fourth-order valence-electron chi connectivity index (χ4n) is 3.12. The maximum atomic E-state index is 9.15. The zero-order valence-electron chi connectivity index (χ0n) is 7.09. The molecule has 11 heavy (non-hydrogen) atoms. The van der Waals surface area contributed by atoms with Gasteiger partial charge in [-0.25, -0.2) is 0 Å². The average Bonchev–Trinajstić information content (AvgIpc) is 2.60. The van der Waals surface area contributed by atoms with Crippen molar-refractivity contribution >= 4 is 0 Å². The van der Waals surface area contributed by atoms with Crippen molar-refractivity contribution in [1.29, 1.82) is 0 Å². The van der Waals surface area contributed by atoms with E-state index in [0.717, 1.165) is 11.8 Å². The maximum absolute atomic E-state index is 9.15. The molecule has 0 saturated heterocycles. The van der Waals surface area contributed by atoms with E-state index >= 15 is 0 Å². The second-order valence-electron chi connectivity index (χ2n) is 3.99. The standard InChI is InChI=1S/C9H17NO/c1-10-9-7-3-2-6(4-7)8(9)5-11/h6-11H,2-5H2,1H3/t6-,7+,8-,9+/m1/s1. The molecule has 0 amide bonds. The SMILES string of the molecule is CN[C@H]1[C@H]2CC[C@H](C2)[C@H]1CO. The normalized spacial score (nSPS) is 48.5. The monoisotopic (exact) mass is 155 g/mol. The molecule has 0 radical (unpaired) electrons. The first-order chi connectivity index (χ1) is 5.36. The minimum absolute atomic E-state index is 0.382. The van der Waals surface area contributed by atoms with Crippen LogP contribution in [0.15, 0.2) is 0 Å². The molecule has 2 heteroatoms. The Morgan fingerprint density at radius 1 is 1.36 bits per heavy atom. The molecule has 0 aromatic heterocycles. The molecule has 4 atom stereocenters. The van der Waals surface area contributed by atoms with E-state index in [1.165, 1.54) is 19.3 Å². The zero-order valence-corrected chi connectivity index (χ0v) is 7.09. The third kappa shape index (κ3) is 1.00. The minimum Gasteiger partial charge on any atom is -0.396 e. The molecule has 2 bridgehead atoms. The Morgan fingerprint density at radius 2 is 2.09 bits per heavy atom. The summed E-state index contributed by atoms with van der Waals surface area (Å²) in [6.07, 6.45) is 4.09. The summed E-state index contributed by atoms with van der Waals surface area (Å²) < 4.78 is 0. The lowest BCUT2D eigenvalue weighted by atomic mass is 9.85. The van der Waals surface area contributed by atoms with Crippen molar-refractivity contribution in [2.75, 3.05) is 13.7 Å². The molecule has 2 nitrogen and oxygen atoms in total. The van der Waals surface area contributed by atoms with Crippen molar-refractivity contribution < 1.29 is 5.11 Å². The van der Waals surface area contributed by atoms with Crippen LogP contribution in [0.25, 0.3) is 0 Å². The Balaban J connectivity index is 2.08. The summed E-state index contributed by atoms with van der Waals surface area (Å²) in [4.78, 5) is 0. The van der Waals surface area contributed by atoms with Gasteiger partial charge in [0.25, 0.3) is 0 Å². The first-order valence-electron chi connectivity index (χ1n) is 4.65. The largest absolute Gasteiger partial charge is 0.396 e. The first-order valence-corrected chi connectivity index (χ1v) is 4.65. The Morgan fingerprint density at radius 3 is 2.64 bits per heavy atom. The average molecular weight is 155 g/mol. The minimum atomic E-state index is 0.382. The van der Waals surface area contributed by atoms with Gasteiger partial charge in [0.1, 0.15) is 0 Å². The molecule has 0 aromatic carbocycles. The highest BCUT2D eigenvalue weighted by Crippen LogP contribution is 2.47. The molecule has 64 valence electrons. The van der Waals surface area contributed by atoms with Crippen LogP contribution in [0.2, 0.25) is 0 Å². The van der Waals surface area contributed by atoms with Crippen LogP contribution in [0.4, 0.5) is 0 Å². The Labute approximate surface area is 68.0 Å². The molecular formula is C9H17NO. The molecule has 0 aliphatic heterocycles. The lowest BCUT2D eigenvalue weighted by Crippen LogP contribution is -2.40. The quantitative estimate of drug-likeness (QED) is 0.612. The van der Waals surface area contributed by atoms with Gasteiger partial charge in [-0.05, 0) is 38.1 Å². The maximum Gasteiger partial charge on any atom is 0.0476 e. The summed E-state index contributed by atoms with van der Waals surface area (Å²) in [6.45, 7) is 0.382. The van der Waals surface area contributed by atoms with E-state index in [1.807, 2.05) is 7.05 Å². The van der Waals surface area contributed by atoms with Crippen molar-refractivity contribution in [2.45, 2.75) is 25.3 Å². The summed E-state index contributed by atoms with van der Waals surface area (Å²) in [5.41, 5.74) is 0. The first kappa shape index (κ1) is 7.56. The van der Waals surface area contributed by atoms with Gasteiger partial charge in [-0.2, -0.15) is 0 Å². The van der Waals surface area contributed by atoms with Crippen LogP contribution in [0.5, 0.6) is 0 Å². The number of aliphatic hydroxyl groups excluding tert-OH is 1. The zero-order chi connectivity index (χ0) is 7.84. The number of hydrogen-bond donors (Lipinski definition) is 2. The fraction of sp³-hybridized carbons (Fsp3) is 1.00. The van der Waals surface area contributed by atoms with Crippen LogP contribution in [0.3, 0.4) is 0 Å². The van der Waals surface area contributed by atoms with Crippen LogP contribution < -0.4 is 5.32 Å². The second kappa shape index (κ2) is 2.76. The Kier molecular flexibility index (Phi) is 1.90. The van der Waals surface area contributed by atoms with E-state index in [1.54, 1.807) is 0 Å². The molecule has 0 heterocycles. The Bertz CT molecular complexity index is 132. The van der Waals surface area contributed by atoms with E-state index in [4.69, 9.17) is 5.11 Å². The lowest BCUT2D eigenvalue weighted by Gasteiger charge is -2.29. The van der Waals surface area contributed by atoms with Crippen LogP contribution in [-0.2, 0) is 0 Å². The highest BCUT2D eigenvalue weighted by Gasteiger charge is 2.46. The molecule has 2 rings (SSSR count). The van der Waals surface area contributed by atoms with Crippen molar-refractivity contribution in [2.24, 2.45) is 17.8 Å². The van der Waals surface area contributed by atoms with E-state index < -0.39 is 0 Å². The fourth-order valence-corrected chi connectivity index (χ4v) is 3.12. The van der Waals surface area contributed by atoms with Crippen molar-refractivity contribution in [1.82, 2.24) is 5.32 Å². The molecule has 2 fully saturated rings. The van der Waals surface area contributed by atoms with Gasteiger partial charge < -0.3 is 10.4 Å². The van der Waals surface area contributed by atoms with Gasteiger partial charge in [0.15, 0.2) is 0 Å². The predicted octanol–water partition coefficient (Wildman–Crippen LogP) is 0.613. The number of fused-ring (bicyclic) bond motifs is 2. The highest BCUT2D eigenvalue weighted by atomic mass is 16.3. The predicted molar refractivity (Wildman–Crippen MR) is 44.3 cm³/mol. The molecule has 2 N–H and O–H groups in total. The van der Waals surface area contributed by atoms with Gasteiger partial charge in [0, 0.05) is 18.6 Å². The number of nitrogens with one attached hydrogen (secondary N) is 1. The van der Waals surface area contributed by atoms with Gasteiger partial charge in [0.05, 0.1) is 0 Å². The van der Waals surface area contributed by atoms with E-state index in [0.29, 0.717) is 18.6 Å². The molecule has 0 aromatic rings. The topological polar surface area (TPSA) is 32.3 Å². The van der Waals surface area contributed by atoms with Crippen molar-refractivity contribution in [3.8, 4) is 0 Å². The van der Waals surface area contributed by atoms with Crippen LogP contribution in [0.1, 0.15) is 19.3 Å². The van der Waals surface area contributed by atoms with Crippen LogP contribution in [-0.4, -0.2) is 24.8 Å². The summed E-state index contributed by atoms with van der Waals surface area (Å²) in [5, 5.41) is 12.5. The third-order valence-corrected chi connectivity index (χ3v) is 3.63. The third-order valence-electron chi connectivity index (χ3n) is 3.63. The lowest BCUT2D eigenvalue weighted by molar-refractivity contribution is 0.147. The van der Waals surface area contributed by atoms with Gasteiger partial charge >= 0.3 is 0 Å². The molecule has 2 aliphatic rings. The Hall–Kier alpha value is -0.0800. The van der Waals surface area contributed by atoms with E-state index in [-0.39, 0.29) is 0 Å². The van der Waals surface area contributed by atoms with Gasteiger partial charge in [-0.3, -0.25) is 0 Å². The molecule has 0 spiro atoms. The van der Waals surface area contributed by atoms with Crippen LogP contribution >= 0.6 is 0 Å². The molecule has 2 aliphatic carbocycles. The summed E-state index contributed by atoms with van der Waals surface area (Å²) in [6, 6.07) is 0.610. The number of rotatable bonds is 2. The highest BCUT2D eigenvalue weighted by molar-refractivity contribution is 4.99.